The number of anilines is 1. The highest BCUT2D eigenvalue weighted by Gasteiger charge is 2.14. The molecule has 0 heterocycles. The Morgan fingerprint density at radius 1 is 1.16 bits per heavy atom. The van der Waals surface area contributed by atoms with Crippen LogP contribution in [0.15, 0.2) is 12.1 Å². The Kier molecular flexibility index (Phi) is 5.73. The van der Waals surface area contributed by atoms with Crippen LogP contribution in [0.25, 0.3) is 0 Å². The molecule has 1 aromatic carbocycles. The summed E-state index contributed by atoms with van der Waals surface area (Å²) < 4.78 is 25.6. The van der Waals surface area contributed by atoms with Crippen LogP contribution in [-0.4, -0.2) is 25.2 Å². The maximum absolute atomic E-state index is 11.7. The van der Waals surface area contributed by atoms with E-state index in [1.54, 1.807) is 0 Å². The van der Waals surface area contributed by atoms with Crippen molar-refractivity contribution in [2.24, 2.45) is 0 Å². The van der Waals surface area contributed by atoms with E-state index in [9.17, 15) is 13.2 Å². The van der Waals surface area contributed by atoms with Crippen LogP contribution in [-0.2, 0) is 14.8 Å². The van der Waals surface area contributed by atoms with Gasteiger partial charge in [0.2, 0.25) is 10.0 Å². The van der Waals surface area contributed by atoms with E-state index < -0.39 is 16.0 Å². The summed E-state index contributed by atoms with van der Waals surface area (Å²) in [5, 5.41) is 8.92. The van der Waals surface area contributed by atoms with Crippen molar-refractivity contribution in [2.45, 2.75) is 12.8 Å². The maximum atomic E-state index is 11.7. The van der Waals surface area contributed by atoms with Gasteiger partial charge in [0.05, 0.1) is 26.5 Å². The molecule has 5 nitrogen and oxygen atoms in total. The van der Waals surface area contributed by atoms with Gasteiger partial charge < -0.3 is 5.11 Å². The second kappa shape index (κ2) is 6.65. The summed E-state index contributed by atoms with van der Waals surface area (Å²) in [6, 6.07) is 2.61. The zero-order chi connectivity index (χ0) is 14.6. The van der Waals surface area contributed by atoms with Crippen molar-refractivity contribution in [3.8, 4) is 0 Å². The molecule has 0 saturated heterocycles. The lowest BCUT2D eigenvalue weighted by molar-refractivity contribution is -0.137. The molecule has 0 aliphatic heterocycles. The molecule has 19 heavy (non-hydrogen) atoms. The average Bonchev–Trinajstić information content (AvgIpc) is 2.24. The van der Waals surface area contributed by atoms with Gasteiger partial charge in [-0.05, 0) is 18.6 Å². The Morgan fingerprint density at radius 3 is 2.32 bits per heavy atom. The number of aliphatic carboxylic acids is 1. The molecule has 1 rings (SSSR count). The molecular formula is C10H10Cl3NO4S. The number of hydrogen-bond acceptors (Lipinski definition) is 3. The summed E-state index contributed by atoms with van der Waals surface area (Å²) >= 11 is 17.3. The molecule has 106 valence electrons. The predicted octanol–water partition coefficient (Wildman–Crippen LogP) is 3.25. The normalized spacial score (nSPS) is 11.3. The molecule has 0 aromatic heterocycles. The third-order valence-electron chi connectivity index (χ3n) is 2.08. The van der Waals surface area contributed by atoms with E-state index in [-0.39, 0.29) is 39.3 Å². The standard InChI is InChI=1S/C10H10Cl3NO4S/c11-6-4-8(13)9(5-7(6)12)14-19(17,18)3-1-2-10(15)16/h4-5,14H,1-3H2,(H,15,16). The van der Waals surface area contributed by atoms with Crippen molar-refractivity contribution >= 4 is 56.5 Å². The van der Waals surface area contributed by atoms with E-state index in [0.29, 0.717) is 0 Å². The Bertz CT molecular complexity index is 589. The number of halogens is 3. The third kappa shape index (κ3) is 5.44. The molecule has 0 aliphatic carbocycles. The van der Waals surface area contributed by atoms with Gasteiger partial charge in [0.25, 0.3) is 0 Å². The summed E-state index contributed by atoms with van der Waals surface area (Å²) in [6.45, 7) is 0. The fraction of sp³-hybridized carbons (Fsp3) is 0.300. The number of carboxylic acids is 1. The number of nitrogens with one attached hydrogen (secondary N) is 1. The van der Waals surface area contributed by atoms with Crippen LogP contribution >= 0.6 is 34.8 Å². The quantitative estimate of drug-likeness (QED) is 0.774. The molecule has 1 aromatic rings. The largest absolute Gasteiger partial charge is 0.481 e. The van der Waals surface area contributed by atoms with Gasteiger partial charge in [0.1, 0.15) is 0 Å². The van der Waals surface area contributed by atoms with Gasteiger partial charge >= 0.3 is 5.97 Å². The van der Waals surface area contributed by atoms with Crippen LogP contribution < -0.4 is 4.72 Å². The van der Waals surface area contributed by atoms with E-state index >= 15 is 0 Å². The molecule has 0 amide bonds. The number of benzene rings is 1. The molecular weight excluding hydrogens is 337 g/mol. The van der Waals surface area contributed by atoms with E-state index in [0.717, 1.165) is 0 Å². The van der Waals surface area contributed by atoms with Crippen LogP contribution in [0.2, 0.25) is 15.1 Å². The molecule has 2 N–H and O–H groups in total. The smallest absolute Gasteiger partial charge is 0.303 e. The van der Waals surface area contributed by atoms with Gasteiger partial charge in [-0.3, -0.25) is 9.52 Å². The van der Waals surface area contributed by atoms with Gasteiger partial charge in [0.15, 0.2) is 0 Å². The molecule has 0 radical (unpaired) electrons. The lowest BCUT2D eigenvalue weighted by Crippen LogP contribution is -2.17. The van der Waals surface area contributed by atoms with Crippen LogP contribution in [0, 0.1) is 0 Å². The second-order valence-corrected chi connectivity index (χ2v) is 6.73. The van der Waals surface area contributed by atoms with E-state index in [2.05, 4.69) is 4.72 Å². The third-order valence-corrected chi connectivity index (χ3v) is 4.47. The Hall–Kier alpha value is -0.690. The average molecular weight is 347 g/mol. The van der Waals surface area contributed by atoms with Crippen LogP contribution in [0.5, 0.6) is 0 Å². The Labute approximate surface area is 125 Å². The monoisotopic (exact) mass is 345 g/mol. The first-order valence-corrected chi connectivity index (χ1v) is 7.87. The fourth-order valence-electron chi connectivity index (χ4n) is 1.23. The molecule has 0 unspecified atom stereocenters. The van der Waals surface area contributed by atoms with Crippen molar-refractivity contribution < 1.29 is 18.3 Å². The van der Waals surface area contributed by atoms with Gasteiger partial charge in [-0.15, -0.1) is 0 Å². The second-order valence-electron chi connectivity index (χ2n) is 3.66. The van der Waals surface area contributed by atoms with Crippen molar-refractivity contribution in [3.63, 3.8) is 0 Å². The number of carboxylic acid groups (broad SMARTS) is 1. The van der Waals surface area contributed by atoms with Crippen molar-refractivity contribution in [2.75, 3.05) is 10.5 Å². The zero-order valence-corrected chi connectivity index (χ0v) is 12.6. The molecule has 0 aliphatic rings. The molecule has 0 spiro atoms. The lowest BCUT2D eigenvalue weighted by atomic mass is 10.3. The van der Waals surface area contributed by atoms with Crippen LogP contribution in [0.4, 0.5) is 5.69 Å². The highest BCUT2D eigenvalue weighted by Crippen LogP contribution is 2.32. The highest BCUT2D eigenvalue weighted by molar-refractivity contribution is 7.92. The first-order chi connectivity index (χ1) is 8.71. The highest BCUT2D eigenvalue weighted by atomic mass is 35.5. The lowest BCUT2D eigenvalue weighted by Gasteiger charge is -2.10. The molecule has 0 fully saturated rings. The summed E-state index contributed by atoms with van der Waals surface area (Å²) in [4.78, 5) is 10.3. The molecule has 0 saturated carbocycles. The summed E-state index contributed by atoms with van der Waals surface area (Å²) in [5.41, 5.74) is 0.103. The minimum Gasteiger partial charge on any atom is -0.481 e. The Morgan fingerprint density at radius 2 is 1.74 bits per heavy atom. The number of sulfonamides is 1. The topological polar surface area (TPSA) is 83.5 Å². The molecule has 9 heteroatoms. The van der Waals surface area contributed by atoms with Gasteiger partial charge in [-0.25, -0.2) is 8.42 Å². The number of hydrogen-bond donors (Lipinski definition) is 2. The SMILES string of the molecule is O=C(O)CCCS(=O)(=O)Nc1cc(Cl)c(Cl)cc1Cl. The molecule has 0 atom stereocenters. The summed E-state index contributed by atoms with van der Waals surface area (Å²) in [6.07, 6.45) is -0.223. The van der Waals surface area contributed by atoms with Crippen molar-refractivity contribution in [3.05, 3.63) is 27.2 Å². The minimum atomic E-state index is -3.68. The first kappa shape index (κ1) is 16.4. The van der Waals surface area contributed by atoms with E-state index in [4.69, 9.17) is 39.9 Å². The van der Waals surface area contributed by atoms with Crippen molar-refractivity contribution in [1.29, 1.82) is 0 Å². The first-order valence-electron chi connectivity index (χ1n) is 5.08. The Balaban J connectivity index is 2.78. The zero-order valence-electron chi connectivity index (χ0n) is 9.49. The van der Waals surface area contributed by atoms with E-state index in [1.165, 1.54) is 12.1 Å². The summed E-state index contributed by atoms with van der Waals surface area (Å²) in [7, 11) is -3.68. The van der Waals surface area contributed by atoms with Crippen LogP contribution in [0.1, 0.15) is 12.8 Å². The number of rotatable bonds is 6. The summed E-state index contributed by atoms with van der Waals surface area (Å²) in [5.74, 6) is -1.38. The van der Waals surface area contributed by atoms with Gasteiger partial charge in [-0.1, -0.05) is 34.8 Å². The van der Waals surface area contributed by atoms with Gasteiger partial charge in [-0.2, -0.15) is 0 Å². The minimum absolute atomic E-state index is 0.00358. The van der Waals surface area contributed by atoms with E-state index in [1.807, 2.05) is 0 Å². The van der Waals surface area contributed by atoms with Crippen LogP contribution in [0.3, 0.4) is 0 Å². The fourth-order valence-corrected chi connectivity index (χ4v) is 3.01. The molecule has 0 bridgehead atoms. The number of carbonyl (C=O) groups is 1. The predicted molar refractivity (Wildman–Crippen MR) is 75.8 cm³/mol. The van der Waals surface area contributed by atoms with Crippen molar-refractivity contribution in [1.82, 2.24) is 0 Å². The van der Waals surface area contributed by atoms with Gasteiger partial charge in [0, 0.05) is 6.42 Å². The maximum Gasteiger partial charge on any atom is 0.303 e.